The lowest BCUT2D eigenvalue weighted by Crippen LogP contribution is -2.27. The number of hydrogen-bond donors (Lipinski definition) is 1. The summed E-state index contributed by atoms with van der Waals surface area (Å²) >= 11 is 0. The molecule has 1 aromatic rings. The number of carbonyl (C=O) groups excluding carboxylic acids is 1. The van der Waals surface area contributed by atoms with E-state index >= 15 is 0 Å². The van der Waals surface area contributed by atoms with Crippen LogP contribution in [0.1, 0.15) is 6.42 Å². The predicted octanol–water partition coefficient (Wildman–Crippen LogP) is 1.31. The predicted molar refractivity (Wildman–Crippen MR) is 61.1 cm³/mol. The maximum atomic E-state index is 13.8. The van der Waals surface area contributed by atoms with Crippen LogP contribution in [0.2, 0.25) is 0 Å². The average molecular weight is 286 g/mol. The van der Waals surface area contributed by atoms with Gasteiger partial charge in [-0.05, 0) is 6.07 Å². The van der Waals surface area contributed by atoms with Crippen LogP contribution >= 0.6 is 0 Å². The number of halogens is 2. The summed E-state index contributed by atoms with van der Waals surface area (Å²) in [6, 6.07) is 1.31. The second-order valence-electron chi connectivity index (χ2n) is 4.23. The van der Waals surface area contributed by atoms with E-state index in [1.807, 2.05) is 0 Å². The molecule has 1 amide bonds. The minimum Gasteiger partial charge on any atom is -0.481 e. The van der Waals surface area contributed by atoms with Crippen molar-refractivity contribution in [2.45, 2.75) is 6.42 Å². The van der Waals surface area contributed by atoms with Gasteiger partial charge >= 0.3 is 5.97 Å². The van der Waals surface area contributed by atoms with E-state index < -0.39 is 58.7 Å². The Hall–Kier alpha value is -2.58. The highest BCUT2D eigenvalue weighted by molar-refractivity contribution is 6.01. The lowest BCUT2D eigenvalue weighted by Gasteiger charge is -2.17. The number of aliphatic carboxylic acids is 1. The molecule has 0 bridgehead atoms. The smallest absolute Gasteiger partial charge is 0.308 e. The number of benzene rings is 1. The van der Waals surface area contributed by atoms with E-state index in [1.54, 1.807) is 0 Å². The van der Waals surface area contributed by atoms with Crippen molar-refractivity contribution in [1.29, 1.82) is 0 Å². The Labute approximate surface area is 110 Å². The van der Waals surface area contributed by atoms with Gasteiger partial charge in [0.05, 0.1) is 10.8 Å². The highest BCUT2D eigenvalue weighted by atomic mass is 19.2. The van der Waals surface area contributed by atoms with Crippen LogP contribution < -0.4 is 4.90 Å². The summed E-state index contributed by atoms with van der Waals surface area (Å²) in [7, 11) is 0. The van der Waals surface area contributed by atoms with Gasteiger partial charge < -0.3 is 10.0 Å². The van der Waals surface area contributed by atoms with Gasteiger partial charge in [-0.1, -0.05) is 0 Å². The third-order valence-electron chi connectivity index (χ3n) is 2.99. The molecular weight excluding hydrogens is 278 g/mol. The van der Waals surface area contributed by atoms with Crippen molar-refractivity contribution in [3.8, 4) is 0 Å². The molecule has 0 aliphatic carbocycles. The van der Waals surface area contributed by atoms with Crippen molar-refractivity contribution in [3.05, 3.63) is 33.9 Å². The highest BCUT2D eigenvalue weighted by Crippen LogP contribution is 2.36. The van der Waals surface area contributed by atoms with Crippen LogP contribution in [0.3, 0.4) is 0 Å². The molecule has 1 aromatic carbocycles. The molecule has 1 N–H and O–H groups in total. The first-order valence-electron chi connectivity index (χ1n) is 5.48. The third-order valence-corrected chi connectivity index (χ3v) is 2.99. The van der Waals surface area contributed by atoms with Gasteiger partial charge in [0.25, 0.3) is 5.69 Å². The van der Waals surface area contributed by atoms with Gasteiger partial charge in [-0.15, -0.1) is 0 Å². The van der Waals surface area contributed by atoms with Gasteiger partial charge in [0.15, 0.2) is 17.3 Å². The lowest BCUT2D eigenvalue weighted by molar-refractivity contribution is -0.384. The van der Waals surface area contributed by atoms with Crippen molar-refractivity contribution in [2.24, 2.45) is 5.92 Å². The summed E-state index contributed by atoms with van der Waals surface area (Å²) in [4.78, 5) is 33.0. The van der Waals surface area contributed by atoms with Crippen LogP contribution in [0.5, 0.6) is 0 Å². The molecule has 7 nitrogen and oxygen atoms in total. The van der Waals surface area contributed by atoms with E-state index in [2.05, 4.69) is 0 Å². The van der Waals surface area contributed by atoms with E-state index in [0.717, 1.165) is 6.07 Å². The molecule has 20 heavy (non-hydrogen) atoms. The zero-order valence-corrected chi connectivity index (χ0v) is 9.88. The fourth-order valence-electron chi connectivity index (χ4n) is 2.02. The number of rotatable bonds is 3. The molecule has 2 rings (SSSR count). The average Bonchev–Trinajstić information content (AvgIpc) is 2.74. The van der Waals surface area contributed by atoms with Gasteiger partial charge in [0, 0.05) is 19.0 Å². The van der Waals surface area contributed by atoms with Gasteiger partial charge in [0.1, 0.15) is 0 Å². The summed E-state index contributed by atoms with van der Waals surface area (Å²) < 4.78 is 27.0. The molecule has 0 radical (unpaired) electrons. The number of amides is 1. The van der Waals surface area contributed by atoms with E-state index in [-0.39, 0.29) is 0 Å². The van der Waals surface area contributed by atoms with E-state index in [9.17, 15) is 28.5 Å². The Bertz CT molecular complexity index is 619. The van der Waals surface area contributed by atoms with Crippen molar-refractivity contribution in [2.75, 3.05) is 11.4 Å². The maximum absolute atomic E-state index is 13.8. The minimum atomic E-state index is -1.54. The molecule has 0 spiro atoms. The molecule has 106 valence electrons. The van der Waals surface area contributed by atoms with Crippen molar-refractivity contribution >= 4 is 23.3 Å². The van der Waals surface area contributed by atoms with Crippen LogP contribution in [0.25, 0.3) is 0 Å². The third kappa shape index (κ3) is 2.17. The first-order valence-corrected chi connectivity index (χ1v) is 5.48. The quantitative estimate of drug-likeness (QED) is 0.667. The standard InChI is InChI=1S/C11H8F2N2O5/c12-6-1-2-7(15(19)20)10(9(6)13)14-4-5(11(17)18)3-8(14)16/h1-2,5H,3-4H2,(H,17,18). The van der Waals surface area contributed by atoms with Crippen molar-refractivity contribution < 1.29 is 28.4 Å². The van der Waals surface area contributed by atoms with Crippen LogP contribution in [0.4, 0.5) is 20.2 Å². The minimum absolute atomic E-state index is 0.414. The number of carboxylic acid groups (broad SMARTS) is 1. The first kappa shape index (κ1) is 13.8. The number of nitrogens with zero attached hydrogens (tertiary/aromatic N) is 2. The van der Waals surface area contributed by atoms with Crippen LogP contribution in [0, 0.1) is 27.7 Å². The molecule has 1 saturated heterocycles. The molecule has 1 atom stereocenters. The maximum Gasteiger partial charge on any atom is 0.308 e. The van der Waals surface area contributed by atoms with Crippen LogP contribution in [-0.4, -0.2) is 28.5 Å². The number of nitro benzene ring substituents is 1. The largest absolute Gasteiger partial charge is 0.481 e. The zero-order chi connectivity index (χ0) is 15.0. The van der Waals surface area contributed by atoms with E-state index in [0.29, 0.717) is 11.0 Å². The topological polar surface area (TPSA) is 101 Å². The Morgan fingerprint density at radius 3 is 2.60 bits per heavy atom. The SMILES string of the molecule is O=C(O)C1CC(=O)N(c2c([N+](=O)[O-])ccc(F)c2F)C1. The number of nitro groups is 1. The molecule has 1 unspecified atom stereocenters. The monoisotopic (exact) mass is 286 g/mol. The summed E-state index contributed by atoms with van der Waals surface area (Å²) in [5.74, 6) is -6.08. The van der Waals surface area contributed by atoms with Gasteiger partial charge in [-0.2, -0.15) is 0 Å². The second kappa shape index (κ2) is 4.83. The molecule has 9 heteroatoms. The summed E-state index contributed by atoms with van der Waals surface area (Å²) in [6.07, 6.45) is -0.414. The molecule has 1 heterocycles. The highest BCUT2D eigenvalue weighted by Gasteiger charge is 2.40. The Kier molecular flexibility index (Phi) is 3.35. The van der Waals surface area contributed by atoms with E-state index in [1.165, 1.54) is 0 Å². The Balaban J connectivity index is 2.52. The van der Waals surface area contributed by atoms with E-state index in [4.69, 9.17) is 5.11 Å². The molecule has 0 saturated carbocycles. The summed E-state index contributed by atoms with van der Waals surface area (Å²) in [5.41, 5.74) is -1.62. The van der Waals surface area contributed by atoms with Gasteiger partial charge in [0.2, 0.25) is 5.91 Å². The number of hydrogen-bond acceptors (Lipinski definition) is 4. The Morgan fingerprint density at radius 2 is 2.10 bits per heavy atom. The van der Waals surface area contributed by atoms with Crippen LogP contribution in [-0.2, 0) is 9.59 Å². The molecular formula is C11H8F2N2O5. The van der Waals surface area contributed by atoms with Crippen molar-refractivity contribution in [1.82, 2.24) is 0 Å². The van der Waals surface area contributed by atoms with Crippen LogP contribution in [0.15, 0.2) is 12.1 Å². The molecule has 0 aromatic heterocycles. The Morgan fingerprint density at radius 1 is 1.45 bits per heavy atom. The normalized spacial score (nSPS) is 18.4. The van der Waals surface area contributed by atoms with Gasteiger partial charge in [-0.3, -0.25) is 19.7 Å². The zero-order valence-electron chi connectivity index (χ0n) is 9.88. The molecule has 1 fully saturated rings. The first-order chi connectivity index (χ1) is 9.32. The lowest BCUT2D eigenvalue weighted by atomic mass is 10.1. The summed E-state index contributed by atoms with van der Waals surface area (Å²) in [6.45, 7) is -0.435. The second-order valence-corrected chi connectivity index (χ2v) is 4.23. The van der Waals surface area contributed by atoms with Crippen molar-refractivity contribution in [3.63, 3.8) is 0 Å². The molecule has 1 aliphatic heterocycles. The fraction of sp³-hybridized carbons (Fsp3) is 0.273. The fourth-order valence-corrected chi connectivity index (χ4v) is 2.02. The molecule has 1 aliphatic rings. The number of carboxylic acids is 1. The summed E-state index contributed by atoms with van der Waals surface area (Å²) in [5, 5.41) is 19.6. The van der Waals surface area contributed by atoms with Gasteiger partial charge in [-0.25, -0.2) is 8.78 Å². The number of carbonyl (C=O) groups is 2. The number of anilines is 1.